The number of aliphatic hydroxyl groups is 1. The molecule has 0 aromatic heterocycles. The predicted octanol–water partition coefficient (Wildman–Crippen LogP) is 2.56. The highest BCUT2D eigenvalue weighted by Gasteiger charge is 2.07. The first-order chi connectivity index (χ1) is 8.74. The number of hydrogen-bond donors (Lipinski definition) is 2. The van der Waals surface area contributed by atoms with E-state index in [4.69, 9.17) is 20.3 Å². The Morgan fingerprint density at radius 3 is 2.33 bits per heavy atom. The summed E-state index contributed by atoms with van der Waals surface area (Å²) < 4.78 is 10.8. The normalized spacial score (nSPS) is 10.1. The van der Waals surface area contributed by atoms with E-state index in [0.717, 1.165) is 5.56 Å². The van der Waals surface area contributed by atoms with Crippen molar-refractivity contribution in [1.82, 2.24) is 0 Å². The lowest BCUT2D eigenvalue weighted by Gasteiger charge is -2.11. The van der Waals surface area contributed by atoms with E-state index in [1.54, 1.807) is 43.5 Å². The number of anilines is 1. The molecule has 0 unspecified atom stereocenters. The fourth-order valence-corrected chi connectivity index (χ4v) is 1.58. The Kier molecular flexibility index (Phi) is 3.69. The van der Waals surface area contributed by atoms with E-state index in [0.29, 0.717) is 22.9 Å². The fraction of sp³-hybridized carbons (Fsp3) is 0.143. The molecule has 0 atom stereocenters. The van der Waals surface area contributed by atoms with Crippen LogP contribution in [0.1, 0.15) is 5.56 Å². The van der Waals surface area contributed by atoms with Gasteiger partial charge in [0.15, 0.2) is 5.75 Å². The molecule has 2 aromatic carbocycles. The van der Waals surface area contributed by atoms with Gasteiger partial charge in [0.25, 0.3) is 0 Å². The van der Waals surface area contributed by atoms with Gasteiger partial charge < -0.3 is 20.3 Å². The standard InChI is InChI=1S/C14H15NO3/c1-17-12-3-2-4-13(14(12)15)18-11-7-5-10(9-16)6-8-11/h2-8,16H,9,15H2,1H3. The zero-order valence-electron chi connectivity index (χ0n) is 10.1. The summed E-state index contributed by atoms with van der Waals surface area (Å²) >= 11 is 0. The lowest BCUT2D eigenvalue weighted by atomic mass is 10.2. The van der Waals surface area contributed by atoms with Gasteiger partial charge in [-0.05, 0) is 29.8 Å². The predicted molar refractivity (Wildman–Crippen MR) is 69.8 cm³/mol. The molecule has 4 heteroatoms. The van der Waals surface area contributed by atoms with Crippen LogP contribution < -0.4 is 15.2 Å². The SMILES string of the molecule is COc1cccc(Oc2ccc(CO)cc2)c1N. The van der Waals surface area contributed by atoms with E-state index in [2.05, 4.69) is 0 Å². The average Bonchev–Trinajstić information content (AvgIpc) is 2.42. The number of aliphatic hydroxyl groups excluding tert-OH is 1. The smallest absolute Gasteiger partial charge is 0.154 e. The third-order valence-corrected chi connectivity index (χ3v) is 2.58. The maximum Gasteiger partial charge on any atom is 0.154 e. The van der Waals surface area contributed by atoms with Gasteiger partial charge in [0.1, 0.15) is 17.2 Å². The highest BCUT2D eigenvalue weighted by Crippen LogP contribution is 2.34. The van der Waals surface area contributed by atoms with Crippen molar-refractivity contribution in [2.75, 3.05) is 12.8 Å². The highest BCUT2D eigenvalue weighted by molar-refractivity contribution is 5.63. The van der Waals surface area contributed by atoms with Crippen molar-refractivity contribution in [1.29, 1.82) is 0 Å². The van der Waals surface area contributed by atoms with Gasteiger partial charge in [-0.2, -0.15) is 0 Å². The maximum atomic E-state index is 8.95. The molecule has 18 heavy (non-hydrogen) atoms. The van der Waals surface area contributed by atoms with Gasteiger partial charge in [0, 0.05) is 0 Å². The Bertz CT molecular complexity index is 523. The van der Waals surface area contributed by atoms with Crippen LogP contribution in [0.5, 0.6) is 17.2 Å². The first-order valence-corrected chi connectivity index (χ1v) is 5.54. The number of methoxy groups -OCH3 is 1. The molecule has 0 aliphatic heterocycles. The van der Waals surface area contributed by atoms with Crippen molar-refractivity contribution in [3.63, 3.8) is 0 Å². The minimum absolute atomic E-state index is 0.0155. The van der Waals surface area contributed by atoms with Crippen molar-refractivity contribution >= 4 is 5.69 Å². The maximum absolute atomic E-state index is 8.95. The molecule has 0 saturated heterocycles. The summed E-state index contributed by atoms with van der Waals surface area (Å²) in [6.07, 6.45) is 0. The average molecular weight is 245 g/mol. The molecule has 0 bridgehead atoms. The summed E-state index contributed by atoms with van der Waals surface area (Å²) in [4.78, 5) is 0. The van der Waals surface area contributed by atoms with Crippen molar-refractivity contribution in [3.05, 3.63) is 48.0 Å². The van der Waals surface area contributed by atoms with Crippen LogP contribution in [0.25, 0.3) is 0 Å². The monoisotopic (exact) mass is 245 g/mol. The molecule has 0 spiro atoms. The number of nitrogens with two attached hydrogens (primary N) is 1. The third kappa shape index (κ3) is 2.55. The van der Waals surface area contributed by atoms with Crippen LogP contribution >= 0.6 is 0 Å². The van der Waals surface area contributed by atoms with Crippen LogP contribution in [-0.4, -0.2) is 12.2 Å². The second-order valence-electron chi connectivity index (χ2n) is 3.78. The molecule has 0 radical (unpaired) electrons. The number of nitrogen functional groups attached to an aromatic ring is 1. The molecule has 0 fully saturated rings. The Labute approximate surface area is 106 Å². The van der Waals surface area contributed by atoms with Crippen LogP contribution in [0.15, 0.2) is 42.5 Å². The Morgan fingerprint density at radius 1 is 1.06 bits per heavy atom. The zero-order chi connectivity index (χ0) is 13.0. The molecule has 94 valence electrons. The largest absolute Gasteiger partial charge is 0.494 e. The quantitative estimate of drug-likeness (QED) is 0.812. The number of hydrogen-bond acceptors (Lipinski definition) is 4. The van der Waals surface area contributed by atoms with Gasteiger partial charge in [-0.15, -0.1) is 0 Å². The number of benzene rings is 2. The van der Waals surface area contributed by atoms with Crippen molar-refractivity contribution in [2.24, 2.45) is 0 Å². The van der Waals surface area contributed by atoms with Gasteiger partial charge in [0.05, 0.1) is 13.7 Å². The van der Waals surface area contributed by atoms with E-state index >= 15 is 0 Å². The molecule has 0 aliphatic rings. The molecule has 0 heterocycles. The van der Waals surface area contributed by atoms with Crippen molar-refractivity contribution in [2.45, 2.75) is 6.61 Å². The molecule has 2 rings (SSSR count). The lowest BCUT2D eigenvalue weighted by molar-refractivity contribution is 0.281. The van der Waals surface area contributed by atoms with Crippen LogP contribution in [0.3, 0.4) is 0 Å². The van der Waals surface area contributed by atoms with E-state index in [-0.39, 0.29) is 6.61 Å². The summed E-state index contributed by atoms with van der Waals surface area (Å²) in [5.74, 6) is 1.79. The molecule has 2 aromatic rings. The second-order valence-corrected chi connectivity index (χ2v) is 3.78. The first kappa shape index (κ1) is 12.3. The van der Waals surface area contributed by atoms with E-state index in [1.165, 1.54) is 0 Å². The molecule has 4 nitrogen and oxygen atoms in total. The van der Waals surface area contributed by atoms with E-state index in [1.807, 2.05) is 6.07 Å². The minimum atomic E-state index is 0.0155. The zero-order valence-corrected chi connectivity index (χ0v) is 10.1. The van der Waals surface area contributed by atoms with Gasteiger partial charge in [-0.25, -0.2) is 0 Å². The van der Waals surface area contributed by atoms with E-state index in [9.17, 15) is 0 Å². The topological polar surface area (TPSA) is 64.7 Å². The van der Waals surface area contributed by atoms with Crippen LogP contribution in [0.2, 0.25) is 0 Å². The van der Waals surface area contributed by atoms with Gasteiger partial charge >= 0.3 is 0 Å². The summed E-state index contributed by atoms with van der Waals surface area (Å²) in [6.45, 7) is 0.0155. The van der Waals surface area contributed by atoms with Crippen molar-refractivity contribution in [3.8, 4) is 17.2 Å². The van der Waals surface area contributed by atoms with Crippen LogP contribution in [0, 0.1) is 0 Å². The first-order valence-electron chi connectivity index (χ1n) is 5.54. The van der Waals surface area contributed by atoms with Crippen molar-refractivity contribution < 1.29 is 14.6 Å². The molecular weight excluding hydrogens is 230 g/mol. The fourth-order valence-electron chi connectivity index (χ4n) is 1.58. The summed E-state index contributed by atoms with van der Waals surface area (Å²) in [5, 5.41) is 8.95. The molecule has 3 N–H and O–H groups in total. The van der Waals surface area contributed by atoms with Crippen LogP contribution in [-0.2, 0) is 6.61 Å². The molecular formula is C14H15NO3. The summed E-state index contributed by atoms with van der Waals surface area (Å²) in [5.41, 5.74) is 7.21. The number of rotatable bonds is 4. The molecule has 0 saturated carbocycles. The number of para-hydroxylation sites is 1. The Hall–Kier alpha value is -2.20. The number of ether oxygens (including phenoxy) is 2. The summed E-state index contributed by atoms with van der Waals surface area (Å²) in [7, 11) is 1.56. The third-order valence-electron chi connectivity index (χ3n) is 2.58. The minimum Gasteiger partial charge on any atom is -0.494 e. The summed E-state index contributed by atoms with van der Waals surface area (Å²) in [6, 6.07) is 12.5. The van der Waals surface area contributed by atoms with Gasteiger partial charge in [0.2, 0.25) is 0 Å². The highest BCUT2D eigenvalue weighted by atomic mass is 16.5. The Morgan fingerprint density at radius 2 is 1.72 bits per heavy atom. The molecule has 0 aliphatic carbocycles. The second kappa shape index (κ2) is 5.42. The Balaban J connectivity index is 2.22. The van der Waals surface area contributed by atoms with Crippen LogP contribution in [0.4, 0.5) is 5.69 Å². The van der Waals surface area contributed by atoms with Gasteiger partial charge in [-0.1, -0.05) is 18.2 Å². The van der Waals surface area contributed by atoms with E-state index < -0.39 is 0 Å². The molecule has 0 amide bonds. The lowest BCUT2D eigenvalue weighted by Crippen LogP contribution is -1.96. The van der Waals surface area contributed by atoms with Gasteiger partial charge in [-0.3, -0.25) is 0 Å².